The van der Waals surface area contributed by atoms with Crippen LogP contribution in [0.15, 0.2) is 108 Å². The fourth-order valence-electron chi connectivity index (χ4n) is 5.74. The predicted molar refractivity (Wildman–Crippen MR) is 193 cm³/mol. The van der Waals surface area contributed by atoms with Crippen molar-refractivity contribution in [3.63, 3.8) is 0 Å². The third kappa shape index (κ3) is 8.02. The minimum Gasteiger partial charge on any atom is -0.497 e. The van der Waals surface area contributed by atoms with Crippen LogP contribution in [0.3, 0.4) is 0 Å². The van der Waals surface area contributed by atoms with Gasteiger partial charge in [0, 0.05) is 50.3 Å². The lowest BCUT2D eigenvalue weighted by atomic mass is 10.2. The van der Waals surface area contributed by atoms with Gasteiger partial charge in [0.1, 0.15) is 23.7 Å². The summed E-state index contributed by atoms with van der Waals surface area (Å²) in [5.74, 6) is 2.00. The fraction of sp³-hybridized carbons (Fsp3) is 0.237. The minimum atomic E-state index is -0.325. The van der Waals surface area contributed by atoms with E-state index in [0.717, 1.165) is 41.4 Å². The largest absolute Gasteiger partial charge is 0.497 e. The van der Waals surface area contributed by atoms with Crippen molar-refractivity contribution in [1.82, 2.24) is 34.3 Å². The minimum absolute atomic E-state index is 0.0586. The van der Waals surface area contributed by atoms with Crippen LogP contribution in [-0.2, 0) is 13.2 Å². The zero-order valence-corrected chi connectivity index (χ0v) is 28.3. The second-order valence-corrected chi connectivity index (χ2v) is 11.3. The highest BCUT2D eigenvalue weighted by Crippen LogP contribution is 2.19. The predicted octanol–water partition coefficient (Wildman–Crippen LogP) is 4.94. The number of anilines is 1. The monoisotopic (exact) mass is 672 g/mol. The molecule has 0 aliphatic carbocycles. The number of nitrogens with zero attached hydrogens (tertiary/aromatic N) is 7. The van der Waals surface area contributed by atoms with Crippen LogP contribution in [0, 0.1) is 19.8 Å². The number of hydrogen-bond acceptors (Lipinski definition) is 8. The first-order chi connectivity index (χ1) is 24.4. The molecule has 0 spiro atoms. The van der Waals surface area contributed by atoms with E-state index in [0.29, 0.717) is 31.3 Å². The number of carbonyl (C=O) groups excluding carboxylic acids is 1. The Labute approximate surface area is 290 Å². The van der Waals surface area contributed by atoms with Gasteiger partial charge < -0.3 is 19.7 Å². The van der Waals surface area contributed by atoms with Crippen molar-refractivity contribution in [2.45, 2.75) is 39.5 Å². The van der Waals surface area contributed by atoms with Gasteiger partial charge in [0.25, 0.3) is 11.5 Å². The second kappa shape index (κ2) is 16.7. The number of aromatic nitrogens is 6. The van der Waals surface area contributed by atoms with E-state index in [1.165, 1.54) is 0 Å². The number of terminal acetylenes is 1. The van der Waals surface area contributed by atoms with Crippen LogP contribution in [0.5, 0.6) is 11.6 Å². The van der Waals surface area contributed by atoms with Crippen LogP contribution in [0.4, 0.5) is 5.82 Å². The molecule has 5 heterocycles. The van der Waals surface area contributed by atoms with E-state index in [2.05, 4.69) is 38.1 Å². The molecule has 1 aliphatic heterocycles. The Hall–Kier alpha value is -6.35. The van der Waals surface area contributed by atoms with Crippen LogP contribution >= 0.6 is 0 Å². The molecule has 1 amide bonds. The number of pyridine rings is 1. The molecule has 2 aromatic carbocycles. The Morgan fingerprint density at radius 1 is 0.960 bits per heavy atom. The summed E-state index contributed by atoms with van der Waals surface area (Å²) < 4.78 is 15.8. The number of methoxy groups -OCH3 is 1. The maximum absolute atomic E-state index is 13.2. The average Bonchev–Trinajstić information content (AvgIpc) is 3.90. The molecule has 1 fully saturated rings. The molecule has 12 nitrogen and oxygen atoms in total. The number of ether oxygens (including phenoxy) is 2. The van der Waals surface area contributed by atoms with Gasteiger partial charge in [-0.15, -0.1) is 17.9 Å². The third-order valence-corrected chi connectivity index (χ3v) is 8.20. The molecule has 1 saturated heterocycles. The summed E-state index contributed by atoms with van der Waals surface area (Å²) in [5, 5.41) is 7.66. The SMILES string of the molecule is C#C.CCn1c(C)c(C(=O)N[C@H]2CCN(c3ccc4nccn4n3)C2)c(=O)n1-c1ccccc1.COc1ccc(COc2ccccn2)cc1. The normalized spacial score (nSPS) is 13.5. The molecule has 7 rings (SSSR count). The Morgan fingerprint density at radius 3 is 2.42 bits per heavy atom. The van der Waals surface area contributed by atoms with Crippen molar-refractivity contribution in [3.05, 3.63) is 131 Å². The topological polar surface area (TPSA) is 121 Å². The molecular weight excluding hydrogens is 632 g/mol. The summed E-state index contributed by atoms with van der Waals surface area (Å²) in [4.78, 5) is 36.8. The van der Waals surface area contributed by atoms with Crippen LogP contribution in [-0.4, -0.2) is 61.1 Å². The van der Waals surface area contributed by atoms with Gasteiger partial charge in [-0.05, 0) is 68.3 Å². The van der Waals surface area contributed by atoms with E-state index in [9.17, 15) is 9.59 Å². The summed E-state index contributed by atoms with van der Waals surface area (Å²) in [6, 6.07) is 26.6. The molecule has 0 radical (unpaired) electrons. The Balaban J connectivity index is 0.000000227. The van der Waals surface area contributed by atoms with Gasteiger partial charge in [-0.3, -0.25) is 14.3 Å². The Morgan fingerprint density at radius 2 is 1.72 bits per heavy atom. The van der Waals surface area contributed by atoms with E-state index in [1.807, 2.05) is 110 Å². The molecule has 4 aromatic heterocycles. The number of para-hydroxylation sites is 1. The van der Waals surface area contributed by atoms with E-state index >= 15 is 0 Å². The molecule has 1 N–H and O–H groups in total. The van der Waals surface area contributed by atoms with Gasteiger partial charge in [0.15, 0.2) is 5.65 Å². The Bertz CT molecular complexity index is 2070. The van der Waals surface area contributed by atoms with Crippen molar-refractivity contribution in [2.24, 2.45) is 0 Å². The van der Waals surface area contributed by atoms with E-state index < -0.39 is 0 Å². The molecule has 0 bridgehead atoms. The smallest absolute Gasteiger partial charge is 0.284 e. The molecule has 0 saturated carbocycles. The van der Waals surface area contributed by atoms with E-state index in [1.54, 1.807) is 28.7 Å². The molecule has 1 atom stereocenters. The number of hydrogen-bond donors (Lipinski definition) is 1. The summed E-state index contributed by atoms with van der Waals surface area (Å²) in [5.41, 5.74) is 3.20. The molecule has 12 heteroatoms. The number of benzene rings is 2. The van der Waals surface area contributed by atoms with Gasteiger partial charge in [0.05, 0.1) is 18.5 Å². The van der Waals surface area contributed by atoms with Crippen molar-refractivity contribution < 1.29 is 14.3 Å². The van der Waals surface area contributed by atoms with Crippen LogP contribution in [0.1, 0.15) is 35.0 Å². The lowest BCUT2D eigenvalue weighted by Crippen LogP contribution is -2.39. The van der Waals surface area contributed by atoms with Gasteiger partial charge in [-0.25, -0.2) is 19.2 Å². The maximum Gasteiger partial charge on any atom is 0.284 e. The quantitative estimate of drug-likeness (QED) is 0.215. The maximum atomic E-state index is 13.2. The number of rotatable bonds is 9. The molecule has 50 heavy (non-hydrogen) atoms. The zero-order valence-electron chi connectivity index (χ0n) is 28.3. The van der Waals surface area contributed by atoms with Crippen LogP contribution in [0.2, 0.25) is 0 Å². The van der Waals surface area contributed by atoms with E-state index in [-0.39, 0.29) is 23.1 Å². The number of carbonyl (C=O) groups is 1. The summed E-state index contributed by atoms with van der Waals surface area (Å²) >= 11 is 0. The van der Waals surface area contributed by atoms with Crippen molar-refractivity contribution in [3.8, 4) is 30.2 Å². The summed E-state index contributed by atoms with van der Waals surface area (Å²) in [6.45, 7) is 6.31. The number of amides is 1. The molecule has 0 unspecified atom stereocenters. The highest BCUT2D eigenvalue weighted by atomic mass is 16.5. The summed E-state index contributed by atoms with van der Waals surface area (Å²) in [6.07, 6.45) is 14.0. The van der Waals surface area contributed by atoms with Gasteiger partial charge >= 0.3 is 0 Å². The highest BCUT2D eigenvalue weighted by Gasteiger charge is 2.29. The van der Waals surface area contributed by atoms with Crippen molar-refractivity contribution in [2.75, 3.05) is 25.1 Å². The van der Waals surface area contributed by atoms with Gasteiger partial charge in [-0.2, -0.15) is 0 Å². The second-order valence-electron chi connectivity index (χ2n) is 11.3. The standard InChI is InChI=1S/C23H25N7O2.C13H13NO2.C2H2/c1-3-29-16(2)21(23(32)30(29)18-7-5-4-6-8-18)22(31)25-17-11-13-27(15-17)20-10-9-19-24-12-14-28(19)26-20;1-15-12-7-5-11(6-8-12)10-16-13-4-2-3-9-14-13;1-2/h4-10,12,14,17H,3,11,13,15H2,1-2H3,(H,25,31);2-9H,10H2,1H3;1-2H/t17-;;/m0../s1. The highest BCUT2D eigenvalue weighted by molar-refractivity contribution is 5.95. The Kier molecular flexibility index (Phi) is 11.6. The van der Waals surface area contributed by atoms with Crippen molar-refractivity contribution >= 4 is 17.4 Å². The molecule has 1 aliphatic rings. The number of fused-ring (bicyclic) bond motifs is 1. The van der Waals surface area contributed by atoms with Crippen LogP contribution in [0.25, 0.3) is 11.3 Å². The van der Waals surface area contributed by atoms with Crippen molar-refractivity contribution in [1.29, 1.82) is 0 Å². The van der Waals surface area contributed by atoms with Gasteiger partial charge in [0.2, 0.25) is 5.88 Å². The average molecular weight is 673 g/mol. The van der Waals surface area contributed by atoms with Gasteiger partial charge in [-0.1, -0.05) is 36.4 Å². The third-order valence-electron chi connectivity index (χ3n) is 8.20. The first-order valence-electron chi connectivity index (χ1n) is 16.2. The lowest BCUT2D eigenvalue weighted by Gasteiger charge is -2.17. The number of nitrogens with one attached hydrogen (secondary N) is 1. The fourth-order valence-corrected chi connectivity index (χ4v) is 5.74. The first-order valence-corrected chi connectivity index (χ1v) is 16.2. The summed E-state index contributed by atoms with van der Waals surface area (Å²) in [7, 11) is 1.65. The molecule has 6 aromatic rings. The molecular formula is C38H40N8O4. The van der Waals surface area contributed by atoms with Crippen LogP contribution < -0.4 is 25.2 Å². The molecule has 256 valence electrons. The first kappa shape index (κ1) is 35.0. The zero-order chi connectivity index (χ0) is 35.5. The lowest BCUT2D eigenvalue weighted by molar-refractivity contribution is 0.0938. The van der Waals surface area contributed by atoms with E-state index in [4.69, 9.17) is 9.47 Å². The number of imidazole rings is 1.